The van der Waals surface area contributed by atoms with Gasteiger partial charge in [-0.1, -0.05) is 11.6 Å². The maximum Gasteiger partial charge on any atom is 0.123 e. The normalized spacial score (nSPS) is 21.5. The number of ether oxygens (including phenoxy) is 1. The third-order valence-corrected chi connectivity index (χ3v) is 3.35. The van der Waals surface area contributed by atoms with Gasteiger partial charge in [-0.2, -0.15) is 0 Å². The van der Waals surface area contributed by atoms with Gasteiger partial charge in [-0.15, -0.1) is 0 Å². The summed E-state index contributed by atoms with van der Waals surface area (Å²) < 4.78 is 5.32. The Morgan fingerprint density at radius 3 is 3.06 bits per heavy atom. The van der Waals surface area contributed by atoms with Gasteiger partial charge in [-0.25, -0.2) is 0 Å². The molecule has 0 bridgehead atoms. The Balaban J connectivity index is 2.08. The Bertz CT molecular complexity index is 384. The smallest absolute Gasteiger partial charge is 0.123 e. The van der Waals surface area contributed by atoms with Gasteiger partial charge in [-0.05, 0) is 37.6 Å². The second-order valence-corrected chi connectivity index (χ2v) is 4.92. The number of hydrogen-bond acceptors (Lipinski definition) is 3. The number of piperidine rings is 1. The van der Waals surface area contributed by atoms with Gasteiger partial charge >= 0.3 is 0 Å². The number of β-amino-alcohol motifs (C(OH)–C–C–N with tert-alkyl or cyclic N) is 1. The van der Waals surface area contributed by atoms with Crippen molar-refractivity contribution >= 4 is 11.6 Å². The van der Waals surface area contributed by atoms with E-state index < -0.39 is 0 Å². The lowest BCUT2D eigenvalue weighted by Gasteiger charge is -2.30. The Kier molecular flexibility index (Phi) is 4.26. The van der Waals surface area contributed by atoms with E-state index in [1.165, 1.54) is 0 Å². The average Bonchev–Trinajstić information content (AvgIpc) is 2.29. The number of benzene rings is 1. The first kappa shape index (κ1) is 12.7. The number of likely N-dealkylation sites (tertiary alicyclic amines) is 1. The average molecular weight is 256 g/mol. The third kappa shape index (κ3) is 3.35. The van der Waals surface area contributed by atoms with E-state index in [1.807, 2.05) is 18.2 Å². The fourth-order valence-electron chi connectivity index (χ4n) is 2.29. The minimum atomic E-state index is -0.200. The fourth-order valence-corrected chi connectivity index (χ4v) is 2.48. The van der Waals surface area contributed by atoms with Crippen LogP contribution >= 0.6 is 11.6 Å². The molecular formula is C13H18ClNO2. The zero-order valence-electron chi connectivity index (χ0n) is 10.0. The summed E-state index contributed by atoms with van der Waals surface area (Å²) >= 11 is 6.00. The molecular weight excluding hydrogens is 238 g/mol. The van der Waals surface area contributed by atoms with Gasteiger partial charge in [0.25, 0.3) is 0 Å². The summed E-state index contributed by atoms with van der Waals surface area (Å²) in [7, 11) is 1.66. The van der Waals surface area contributed by atoms with Crippen LogP contribution in [0, 0.1) is 0 Å². The van der Waals surface area contributed by atoms with Gasteiger partial charge in [0, 0.05) is 23.7 Å². The van der Waals surface area contributed by atoms with Crippen molar-refractivity contribution in [3.05, 3.63) is 28.8 Å². The molecule has 0 unspecified atom stereocenters. The standard InChI is InChI=1S/C13H18ClNO2/c1-17-13-5-4-11(14)7-10(13)8-15-6-2-3-12(16)9-15/h4-5,7,12,16H,2-3,6,8-9H2,1H3/t12-/m1/s1. The molecule has 1 fully saturated rings. The molecule has 0 saturated carbocycles. The number of aliphatic hydroxyl groups excluding tert-OH is 1. The lowest BCUT2D eigenvalue weighted by atomic mass is 10.1. The minimum Gasteiger partial charge on any atom is -0.496 e. The van der Waals surface area contributed by atoms with E-state index in [2.05, 4.69) is 4.90 Å². The van der Waals surface area contributed by atoms with Crippen molar-refractivity contribution in [3.63, 3.8) is 0 Å². The van der Waals surface area contributed by atoms with E-state index in [9.17, 15) is 5.11 Å². The molecule has 1 aromatic rings. The summed E-state index contributed by atoms with van der Waals surface area (Å²) in [4.78, 5) is 2.24. The predicted octanol–water partition coefficient (Wildman–Crippen LogP) is 2.31. The fraction of sp³-hybridized carbons (Fsp3) is 0.538. The van der Waals surface area contributed by atoms with Crippen LogP contribution in [0.3, 0.4) is 0 Å². The molecule has 0 aromatic heterocycles. The van der Waals surface area contributed by atoms with E-state index in [4.69, 9.17) is 16.3 Å². The van der Waals surface area contributed by atoms with Gasteiger partial charge in [0.15, 0.2) is 0 Å². The highest BCUT2D eigenvalue weighted by atomic mass is 35.5. The molecule has 0 amide bonds. The van der Waals surface area contributed by atoms with Crippen LogP contribution in [0.4, 0.5) is 0 Å². The third-order valence-electron chi connectivity index (χ3n) is 3.12. The van der Waals surface area contributed by atoms with Crippen LogP contribution < -0.4 is 4.74 Å². The van der Waals surface area contributed by atoms with Gasteiger partial charge in [0.05, 0.1) is 13.2 Å². The maximum atomic E-state index is 9.64. The van der Waals surface area contributed by atoms with Crippen LogP contribution in [0.15, 0.2) is 18.2 Å². The summed E-state index contributed by atoms with van der Waals surface area (Å²) in [6.45, 7) is 2.53. The number of hydrogen-bond donors (Lipinski definition) is 1. The molecule has 0 radical (unpaired) electrons. The summed E-state index contributed by atoms with van der Waals surface area (Å²) in [5, 5.41) is 10.4. The predicted molar refractivity (Wildman–Crippen MR) is 68.5 cm³/mol. The minimum absolute atomic E-state index is 0.200. The Labute approximate surface area is 107 Å². The van der Waals surface area contributed by atoms with Crippen molar-refractivity contribution in [1.29, 1.82) is 0 Å². The van der Waals surface area contributed by atoms with Gasteiger partial charge in [0.1, 0.15) is 5.75 Å². The van der Waals surface area contributed by atoms with Crippen LogP contribution in [-0.2, 0) is 6.54 Å². The molecule has 1 aromatic carbocycles. The molecule has 1 atom stereocenters. The van der Waals surface area contributed by atoms with Gasteiger partial charge < -0.3 is 9.84 Å². The van der Waals surface area contributed by atoms with Crippen LogP contribution in [0.25, 0.3) is 0 Å². The van der Waals surface area contributed by atoms with E-state index in [0.29, 0.717) is 0 Å². The Morgan fingerprint density at radius 2 is 2.35 bits per heavy atom. The van der Waals surface area contributed by atoms with Crippen molar-refractivity contribution in [3.8, 4) is 5.75 Å². The SMILES string of the molecule is COc1ccc(Cl)cc1CN1CCC[C@@H](O)C1. The van der Waals surface area contributed by atoms with Crippen molar-refractivity contribution in [2.24, 2.45) is 0 Å². The highest BCUT2D eigenvalue weighted by Gasteiger charge is 2.18. The summed E-state index contributed by atoms with van der Waals surface area (Å²) in [6, 6.07) is 5.65. The van der Waals surface area contributed by atoms with Crippen molar-refractivity contribution in [2.75, 3.05) is 20.2 Å². The topological polar surface area (TPSA) is 32.7 Å². The second-order valence-electron chi connectivity index (χ2n) is 4.49. The highest BCUT2D eigenvalue weighted by molar-refractivity contribution is 6.30. The highest BCUT2D eigenvalue weighted by Crippen LogP contribution is 2.25. The zero-order valence-corrected chi connectivity index (χ0v) is 10.8. The molecule has 17 heavy (non-hydrogen) atoms. The molecule has 1 saturated heterocycles. The van der Waals surface area contributed by atoms with E-state index in [0.717, 1.165) is 48.8 Å². The zero-order chi connectivity index (χ0) is 12.3. The Morgan fingerprint density at radius 1 is 1.53 bits per heavy atom. The van der Waals surface area contributed by atoms with Crippen LogP contribution in [0.2, 0.25) is 5.02 Å². The summed E-state index contributed by atoms with van der Waals surface area (Å²) in [5.74, 6) is 0.856. The quantitative estimate of drug-likeness (QED) is 0.900. The number of methoxy groups -OCH3 is 1. The van der Waals surface area contributed by atoms with Gasteiger partial charge in [-0.3, -0.25) is 4.90 Å². The first-order chi connectivity index (χ1) is 8.19. The molecule has 2 rings (SSSR count). The van der Waals surface area contributed by atoms with E-state index in [-0.39, 0.29) is 6.10 Å². The van der Waals surface area contributed by atoms with E-state index in [1.54, 1.807) is 7.11 Å². The maximum absolute atomic E-state index is 9.64. The molecule has 4 heteroatoms. The number of nitrogens with zero attached hydrogens (tertiary/aromatic N) is 1. The van der Waals surface area contributed by atoms with Crippen molar-refractivity contribution in [1.82, 2.24) is 4.90 Å². The molecule has 1 N–H and O–H groups in total. The van der Waals surface area contributed by atoms with Crippen LogP contribution in [0.1, 0.15) is 18.4 Å². The number of rotatable bonds is 3. The monoisotopic (exact) mass is 255 g/mol. The van der Waals surface area contributed by atoms with E-state index >= 15 is 0 Å². The first-order valence-corrected chi connectivity index (χ1v) is 6.29. The first-order valence-electron chi connectivity index (χ1n) is 5.92. The largest absolute Gasteiger partial charge is 0.496 e. The number of halogens is 1. The van der Waals surface area contributed by atoms with Crippen LogP contribution in [0.5, 0.6) is 5.75 Å². The molecule has 1 aliphatic rings. The molecule has 94 valence electrons. The molecule has 0 aliphatic carbocycles. The Hall–Kier alpha value is -0.770. The summed E-state index contributed by atoms with van der Waals surface area (Å²) in [5.41, 5.74) is 1.08. The van der Waals surface area contributed by atoms with Gasteiger partial charge in [0.2, 0.25) is 0 Å². The molecule has 3 nitrogen and oxygen atoms in total. The molecule has 1 heterocycles. The second kappa shape index (κ2) is 5.71. The number of aliphatic hydroxyl groups is 1. The van der Waals surface area contributed by atoms with Crippen molar-refractivity contribution < 1.29 is 9.84 Å². The van der Waals surface area contributed by atoms with Crippen LogP contribution in [-0.4, -0.2) is 36.3 Å². The summed E-state index contributed by atoms with van der Waals surface area (Å²) in [6.07, 6.45) is 1.75. The van der Waals surface area contributed by atoms with Crippen molar-refractivity contribution in [2.45, 2.75) is 25.5 Å². The molecule has 0 spiro atoms. The lowest BCUT2D eigenvalue weighted by Crippen LogP contribution is -2.37. The molecule has 1 aliphatic heterocycles. The lowest BCUT2D eigenvalue weighted by molar-refractivity contribution is 0.0664.